The van der Waals surface area contributed by atoms with Gasteiger partial charge in [-0.3, -0.25) is 4.98 Å². The lowest BCUT2D eigenvalue weighted by Gasteiger charge is -2.29. The molecule has 254 valence electrons. The molecule has 9 rings (SSSR count). The number of aromatic hydroxyl groups is 1. The number of aromatic nitrogens is 1. The van der Waals surface area contributed by atoms with Crippen LogP contribution in [0.5, 0.6) is 11.5 Å². The molecule has 0 amide bonds. The summed E-state index contributed by atoms with van der Waals surface area (Å²) in [6, 6.07) is 28.9. The number of halogens is 1. The SMILES string of the molecule is COc1cccc(Sc2c(/C=C/C3Cc4c(ccc5c4CCC=C5)-c4ccccc43)c(C3CC3)nc3ccc(F)cc23)c1.O=c1cc(O)cco1. The van der Waals surface area contributed by atoms with Crippen molar-refractivity contribution in [1.29, 1.82) is 0 Å². The minimum absolute atomic E-state index is 0.0683. The van der Waals surface area contributed by atoms with Crippen molar-refractivity contribution < 1.29 is 18.7 Å². The van der Waals surface area contributed by atoms with Crippen LogP contribution in [0.1, 0.15) is 64.6 Å². The Morgan fingerprint density at radius 2 is 1.84 bits per heavy atom. The molecule has 0 aliphatic heterocycles. The van der Waals surface area contributed by atoms with Crippen LogP contribution in [-0.4, -0.2) is 17.2 Å². The van der Waals surface area contributed by atoms with E-state index in [0.29, 0.717) is 5.92 Å². The van der Waals surface area contributed by atoms with Gasteiger partial charge in [0.2, 0.25) is 0 Å². The quantitative estimate of drug-likeness (QED) is 0.187. The van der Waals surface area contributed by atoms with E-state index in [9.17, 15) is 9.18 Å². The number of hydrogen-bond donors (Lipinski definition) is 1. The van der Waals surface area contributed by atoms with Gasteiger partial charge in [-0.25, -0.2) is 9.18 Å². The molecule has 1 saturated carbocycles. The minimum Gasteiger partial charge on any atom is -0.508 e. The Kier molecular flexibility index (Phi) is 9.05. The average Bonchev–Trinajstić information content (AvgIpc) is 4.00. The molecule has 2 heterocycles. The van der Waals surface area contributed by atoms with Crippen molar-refractivity contribution in [3.63, 3.8) is 0 Å². The van der Waals surface area contributed by atoms with Gasteiger partial charge < -0.3 is 14.3 Å². The van der Waals surface area contributed by atoms with Gasteiger partial charge in [-0.1, -0.05) is 78.5 Å². The molecule has 0 spiro atoms. The molecule has 1 unspecified atom stereocenters. The molecule has 5 nitrogen and oxygen atoms in total. The van der Waals surface area contributed by atoms with E-state index in [0.717, 1.165) is 82.1 Å². The Morgan fingerprint density at radius 1 is 0.961 bits per heavy atom. The largest absolute Gasteiger partial charge is 0.508 e. The van der Waals surface area contributed by atoms with Gasteiger partial charge >= 0.3 is 5.63 Å². The first-order valence-electron chi connectivity index (χ1n) is 17.3. The first-order chi connectivity index (χ1) is 24.9. The van der Waals surface area contributed by atoms with Crippen LogP contribution in [0.15, 0.2) is 128 Å². The molecule has 51 heavy (non-hydrogen) atoms. The fraction of sp³-hybridized carbons (Fsp3) is 0.182. The Labute approximate surface area is 300 Å². The van der Waals surface area contributed by atoms with Crippen LogP contribution in [0, 0.1) is 5.82 Å². The Balaban J connectivity index is 0.000000415. The summed E-state index contributed by atoms with van der Waals surface area (Å²) in [5.74, 6) is 1.18. The zero-order valence-corrected chi connectivity index (χ0v) is 29.0. The lowest BCUT2D eigenvalue weighted by molar-refractivity contribution is 0.413. The smallest absolute Gasteiger partial charge is 0.339 e. The highest BCUT2D eigenvalue weighted by Crippen LogP contribution is 2.48. The van der Waals surface area contributed by atoms with Crippen LogP contribution >= 0.6 is 11.8 Å². The molecule has 0 saturated heterocycles. The summed E-state index contributed by atoms with van der Waals surface area (Å²) in [5, 5.41) is 9.41. The topological polar surface area (TPSA) is 72.6 Å². The molecule has 3 aliphatic carbocycles. The van der Waals surface area contributed by atoms with E-state index >= 15 is 0 Å². The van der Waals surface area contributed by atoms with Gasteiger partial charge in [0.1, 0.15) is 17.3 Å². The highest BCUT2D eigenvalue weighted by molar-refractivity contribution is 7.99. The average molecular weight is 694 g/mol. The van der Waals surface area contributed by atoms with Gasteiger partial charge in [0.05, 0.1) is 30.6 Å². The molecule has 3 aliphatic rings. The van der Waals surface area contributed by atoms with Gasteiger partial charge in [-0.2, -0.15) is 0 Å². The monoisotopic (exact) mass is 693 g/mol. The number of ether oxygens (including phenoxy) is 1. The number of rotatable bonds is 6. The number of benzene rings is 4. The molecule has 6 aromatic rings. The highest BCUT2D eigenvalue weighted by atomic mass is 32.2. The van der Waals surface area contributed by atoms with E-state index in [2.05, 4.69) is 71.2 Å². The molecule has 4 aromatic carbocycles. The Hall–Kier alpha value is -5.40. The second kappa shape index (κ2) is 14.1. The summed E-state index contributed by atoms with van der Waals surface area (Å²) in [4.78, 5) is 17.4. The van der Waals surface area contributed by atoms with Crippen molar-refractivity contribution in [2.75, 3.05) is 7.11 Å². The van der Waals surface area contributed by atoms with E-state index in [4.69, 9.17) is 14.8 Å². The molecule has 0 radical (unpaired) electrons. The molecule has 0 bridgehead atoms. The Bertz CT molecular complexity index is 2390. The molecule has 7 heteroatoms. The normalized spacial score (nSPS) is 15.8. The lowest BCUT2D eigenvalue weighted by atomic mass is 9.74. The van der Waals surface area contributed by atoms with Crippen molar-refractivity contribution in [2.24, 2.45) is 0 Å². The van der Waals surface area contributed by atoms with E-state index in [-0.39, 0.29) is 17.5 Å². The van der Waals surface area contributed by atoms with E-state index in [1.54, 1.807) is 24.9 Å². The summed E-state index contributed by atoms with van der Waals surface area (Å²) in [6.07, 6.45) is 15.9. The molecule has 1 N–H and O–H groups in total. The zero-order chi connectivity index (χ0) is 34.9. The third-order valence-corrected chi connectivity index (χ3v) is 10.9. The van der Waals surface area contributed by atoms with Crippen molar-refractivity contribution in [3.05, 3.63) is 159 Å². The Morgan fingerprint density at radius 3 is 2.65 bits per heavy atom. The third kappa shape index (κ3) is 6.86. The van der Waals surface area contributed by atoms with Crippen LogP contribution in [0.2, 0.25) is 0 Å². The maximum atomic E-state index is 14.7. The minimum atomic E-state index is -0.537. The summed E-state index contributed by atoms with van der Waals surface area (Å²) in [5.41, 5.74) is 11.0. The number of pyridine rings is 1. The number of allylic oxidation sites excluding steroid dienone is 2. The first kappa shape index (κ1) is 32.8. The van der Waals surface area contributed by atoms with Crippen LogP contribution < -0.4 is 10.4 Å². The van der Waals surface area contributed by atoms with Gasteiger partial charge in [0.25, 0.3) is 0 Å². The van der Waals surface area contributed by atoms with E-state index in [1.807, 2.05) is 24.3 Å². The van der Waals surface area contributed by atoms with Gasteiger partial charge in [-0.05, 0) is 102 Å². The molecule has 1 fully saturated rings. The van der Waals surface area contributed by atoms with Crippen molar-refractivity contribution in [3.8, 4) is 22.6 Å². The van der Waals surface area contributed by atoms with Gasteiger partial charge in [-0.15, -0.1) is 0 Å². The molecular weight excluding hydrogens is 658 g/mol. The second-order valence-corrected chi connectivity index (χ2v) is 14.2. The fourth-order valence-corrected chi connectivity index (χ4v) is 8.31. The number of methoxy groups -OCH3 is 1. The predicted octanol–water partition coefficient (Wildman–Crippen LogP) is 10.7. The van der Waals surface area contributed by atoms with Crippen LogP contribution in [-0.2, 0) is 12.8 Å². The number of hydrogen-bond acceptors (Lipinski definition) is 6. The zero-order valence-electron chi connectivity index (χ0n) is 28.1. The molecule has 1 atom stereocenters. The molecular formula is C44H36FNO4S. The summed E-state index contributed by atoms with van der Waals surface area (Å²) < 4.78 is 24.5. The number of nitrogens with zero attached hydrogens (tertiary/aromatic N) is 1. The predicted molar refractivity (Wildman–Crippen MR) is 202 cm³/mol. The molecule has 2 aromatic heterocycles. The highest BCUT2D eigenvalue weighted by Gasteiger charge is 2.31. The third-order valence-electron chi connectivity index (χ3n) is 9.77. The van der Waals surface area contributed by atoms with Gasteiger partial charge in [0.15, 0.2) is 0 Å². The number of fused-ring (bicyclic) bond motifs is 6. The van der Waals surface area contributed by atoms with Crippen molar-refractivity contribution in [2.45, 2.75) is 53.7 Å². The van der Waals surface area contributed by atoms with E-state index in [1.165, 1.54) is 45.5 Å². The summed E-state index contributed by atoms with van der Waals surface area (Å²) in [6.45, 7) is 0. The van der Waals surface area contributed by atoms with Crippen LogP contribution in [0.4, 0.5) is 4.39 Å². The van der Waals surface area contributed by atoms with Crippen molar-refractivity contribution in [1.82, 2.24) is 4.98 Å². The summed E-state index contributed by atoms with van der Waals surface area (Å²) in [7, 11) is 1.69. The maximum Gasteiger partial charge on any atom is 0.339 e. The van der Waals surface area contributed by atoms with Crippen LogP contribution in [0.25, 0.3) is 34.2 Å². The summed E-state index contributed by atoms with van der Waals surface area (Å²) >= 11 is 1.68. The maximum absolute atomic E-state index is 14.7. The second-order valence-electron chi connectivity index (χ2n) is 13.1. The lowest BCUT2D eigenvalue weighted by Crippen LogP contribution is -2.13. The van der Waals surface area contributed by atoms with E-state index < -0.39 is 5.63 Å². The van der Waals surface area contributed by atoms with Gasteiger partial charge in [0, 0.05) is 38.6 Å². The standard InChI is InChI=1S/C39H32FNOS.C5H4O3/c1-42-28-8-6-9-29(23-28)43-39-34(38(25-13-14-25)41-37-20-17-27(40)22-36(37)39)19-16-26-21-35-30-10-3-2-7-24(30)15-18-33(35)32-12-5-4-11-31(26)32;6-4-1-2-8-5(7)3-4/h2,4-9,11-12,15-20,22-23,25-26H,3,10,13-14,21H2,1H3;1-3,6H/b19-16+;. The van der Waals surface area contributed by atoms with Crippen LogP contribution in [0.3, 0.4) is 0 Å². The first-order valence-corrected chi connectivity index (χ1v) is 18.1. The van der Waals surface area contributed by atoms with Crippen molar-refractivity contribution >= 4 is 34.8 Å². The fourth-order valence-electron chi connectivity index (χ4n) is 7.20.